The van der Waals surface area contributed by atoms with Crippen molar-refractivity contribution in [2.45, 2.75) is 33.8 Å². The number of benzene rings is 1. The van der Waals surface area contributed by atoms with Gasteiger partial charge in [-0.3, -0.25) is 4.79 Å². The maximum absolute atomic E-state index is 12.3. The lowest BCUT2D eigenvalue weighted by molar-refractivity contribution is -0.111. The zero-order valence-corrected chi connectivity index (χ0v) is 16.1. The van der Waals surface area contributed by atoms with Gasteiger partial charge in [-0.1, -0.05) is 23.7 Å². The van der Waals surface area contributed by atoms with Gasteiger partial charge >= 0.3 is 5.97 Å². The van der Waals surface area contributed by atoms with E-state index in [0.717, 1.165) is 16.0 Å². The molecule has 0 aliphatic carbocycles. The highest BCUT2D eigenvalue weighted by molar-refractivity contribution is 7.16. The lowest BCUT2D eigenvalue weighted by Crippen LogP contribution is -2.15. The third-order valence-corrected chi connectivity index (χ3v) is 4.84. The first-order chi connectivity index (χ1) is 11.8. The SMILES string of the molecule is Cc1sc(NC(=O)C=Cc2ccc(Cl)cc2)c(C(=O)OC(C)C)c1C. The first kappa shape index (κ1) is 19.2. The first-order valence-corrected chi connectivity index (χ1v) is 9.03. The molecule has 25 heavy (non-hydrogen) atoms. The fourth-order valence-corrected chi connectivity index (χ4v) is 3.31. The van der Waals surface area contributed by atoms with Crippen molar-refractivity contribution in [3.05, 3.63) is 56.9 Å². The fraction of sp³-hybridized carbons (Fsp3) is 0.263. The molecule has 1 heterocycles. The average Bonchev–Trinajstić information content (AvgIpc) is 2.80. The quantitative estimate of drug-likeness (QED) is 0.573. The number of aryl methyl sites for hydroxylation is 1. The summed E-state index contributed by atoms with van der Waals surface area (Å²) in [5.74, 6) is -0.733. The van der Waals surface area contributed by atoms with E-state index in [0.29, 0.717) is 15.6 Å². The number of esters is 1. The number of thiophene rings is 1. The monoisotopic (exact) mass is 377 g/mol. The third-order valence-electron chi connectivity index (χ3n) is 3.47. The van der Waals surface area contributed by atoms with E-state index in [-0.39, 0.29) is 12.0 Å². The van der Waals surface area contributed by atoms with Crippen molar-refractivity contribution in [1.29, 1.82) is 0 Å². The average molecular weight is 378 g/mol. The molecule has 0 bridgehead atoms. The summed E-state index contributed by atoms with van der Waals surface area (Å²) in [6.45, 7) is 7.34. The summed E-state index contributed by atoms with van der Waals surface area (Å²) in [6.07, 6.45) is 2.89. The lowest BCUT2D eigenvalue weighted by Gasteiger charge is -2.09. The smallest absolute Gasteiger partial charge is 0.341 e. The standard InChI is InChI=1S/C19H20ClNO3S/c1-11(2)24-19(23)17-12(3)13(4)25-18(17)21-16(22)10-7-14-5-8-15(20)9-6-14/h5-11H,1-4H3,(H,21,22). The van der Waals surface area contributed by atoms with Crippen LogP contribution in [0.5, 0.6) is 0 Å². The van der Waals surface area contributed by atoms with Gasteiger partial charge in [-0.15, -0.1) is 11.3 Å². The number of rotatable bonds is 5. The Labute approximate surface area is 156 Å². The Morgan fingerprint density at radius 3 is 2.44 bits per heavy atom. The molecule has 0 aliphatic heterocycles. The van der Waals surface area contributed by atoms with Crippen LogP contribution in [0.3, 0.4) is 0 Å². The van der Waals surface area contributed by atoms with Gasteiger partial charge in [-0.2, -0.15) is 0 Å². The minimum absolute atomic E-state index is 0.222. The van der Waals surface area contributed by atoms with Crippen molar-refractivity contribution < 1.29 is 14.3 Å². The van der Waals surface area contributed by atoms with E-state index >= 15 is 0 Å². The summed E-state index contributed by atoms with van der Waals surface area (Å²) in [4.78, 5) is 25.5. The van der Waals surface area contributed by atoms with Crippen LogP contribution in [-0.4, -0.2) is 18.0 Å². The van der Waals surface area contributed by atoms with Crippen LogP contribution < -0.4 is 5.32 Å². The first-order valence-electron chi connectivity index (χ1n) is 7.83. The summed E-state index contributed by atoms with van der Waals surface area (Å²) in [5.41, 5.74) is 2.11. The Balaban J connectivity index is 2.16. The highest BCUT2D eigenvalue weighted by Crippen LogP contribution is 2.33. The number of carbonyl (C=O) groups excluding carboxylic acids is 2. The normalized spacial score (nSPS) is 11.1. The van der Waals surface area contributed by atoms with E-state index in [1.54, 1.807) is 32.1 Å². The highest BCUT2D eigenvalue weighted by Gasteiger charge is 2.22. The minimum atomic E-state index is -0.422. The van der Waals surface area contributed by atoms with Crippen LogP contribution in [0.2, 0.25) is 5.02 Å². The van der Waals surface area contributed by atoms with Crippen LogP contribution >= 0.6 is 22.9 Å². The van der Waals surface area contributed by atoms with Gasteiger partial charge in [0.05, 0.1) is 11.7 Å². The molecule has 1 amide bonds. The van der Waals surface area contributed by atoms with Crippen LogP contribution in [0.4, 0.5) is 5.00 Å². The van der Waals surface area contributed by atoms with Gasteiger partial charge in [0, 0.05) is 16.0 Å². The zero-order chi connectivity index (χ0) is 18.6. The van der Waals surface area contributed by atoms with E-state index in [1.807, 2.05) is 26.0 Å². The predicted molar refractivity (Wildman–Crippen MR) is 103 cm³/mol. The second kappa shape index (κ2) is 8.32. The number of anilines is 1. The molecule has 0 saturated carbocycles. The molecule has 6 heteroatoms. The van der Waals surface area contributed by atoms with E-state index in [2.05, 4.69) is 5.32 Å². The van der Waals surface area contributed by atoms with Crippen molar-refractivity contribution >= 4 is 45.9 Å². The largest absolute Gasteiger partial charge is 0.459 e. The van der Waals surface area contributed by atoms with Crippen LogP contribution in [0.25, 0.3) is 6.08 Å². The molecule has 2 aromatic rings. The molecule has 0 saturated heterocycles. The minimum Gasteiger partial charge on any atom is -0.459 e. The summed E-state index contributed by atoms with van der Waals surface area (Å²) in [7, 11) is 0. The summed E-state index contributed by atoms with van der Waals surface area (Å²) < 4.78 is 5.28. The molecule has 2 rings (SSSR count). The Kier molecular flexibility index (Phi) is 6.39. The van der Waals surface area contributed by atoms with Gasteiger partial charge in [-0.05, 0) is 57.0 Å². The van der Waals surface area contributed by atoms with Gasteiger partial charge in [0.15, 0.2) is 0 Å². The highest BCUT2D eigenvalue weighted by atomic mass is 35.5. The molecule has 0 atom stereocenters. The van der Waals surface area contributed by atoms with Crippen LogP contribution in [0.15, 0.2) is 30.3 Å². The Bertz CT molecular complexity index is 807. The number of carbonyl (C=O) groups is 2. The number of halogens is 1. The summed E-state index contributed by atoms with van der Waals surface area (Å²) >= 11 is 7.20. The Morgan fingerprint density at radius 2 is 1.84 bits per heavy atom. The zero-order valence-electron chi connectivity index (χ0n) is 14.6. The molecule has 0 aliphatic rings. The molecule has 0 spiro atoms. The van der Waals surface area contributed by atoms with Gasteiger partial charge in [0.2, 0.25) is 5.91 Å². The molecule has 132 valence electrons. The summed E-state index contributed by atoms with van der Waals surface area (Å²) in [6, 6.07) is 7.14. The number of hydrogen-bond donors (Lipinski definition) is 1. The molecular formula is C19H20ClNO3S. The van der Waals surface area contributed by atoms with E-state index in [9.17, 15) is 9.59 Å². The fourth-order valence-electron chi connectivity index (χ4n) is 2.13. The number of nitrogens with one attached hydrogen (secondary N) is 1. The van der Waals surface area contributed by atoms with E-state index < -0.39 is 5.97 Å². The molecule has 0 unspecified atom stereocenters. The maximum Gasteiger partial charge on any atom is 0.341 e. The summed E-state index contributed by atoms with van der Waals surface area (Å²) in [5, 5.41) is 3.92. The second-order valence-corrected chi connectivity index (χ2v) is 7.48. The van der Waals surface area contributed by atoms with Crippen molar-refractivity contribution in [2.75, 3.05) is 5.32 Å². The number of hydrogen-bond acceptors (Lipinski definition) is 4. The Morgan fingerprint density at radius 1 is 1.20 bits per heavy atom. The van der Waals surface area contributed by atoms with E-state index in [1.165, 1.54) is 17.4 Å². The molecule has 0 radical (unpaired) electrons. The van der Waals surface area contributed by atoms with Gasteiger partial charge in [0.25, 0.3) is 0 Å². The molecule has 0 fully saturated rings. The van der Waals surface area contributed by atoms with Crippen LogP contribution in [-0.2, 0) is 9.53 Å². The Hall–Kier alpha value is -2.11. The van der Waals surface area contributed by atoms with Gasteiger partial charge in [0.1, 0.15) is 5.00 Å². The van der Waals surface area contributed by atoms with Crippen molar-refractivity contribution in [3.8, 4) is 0 Å². The number of amides is 1. The molecule has 1 N–H and O–H groups in total. The van der Waals surface area contributed by atoms with Gasteiger partial charge < -0.3 is 10.1 Å². The topological polar surface area (TPSA) is 55.4 Å². The van der Waals surface area contributed by atoms with Gasteiger partial charge in [-0.25, -0.2) is 4.79 Å². The third kappa shape index (κ3) is 5.18. The molecular weight excluding hydrogens is 358 g/mol. The molecule has 1 aromatic heterocycles. The lowest BCUT2D eigenvalue weighted by atomic mass is 10.1. The predicted octanol–water partition coefficient (Wildman–Crippen LogP) is 5.24. The second-order valence-electron chi connectivity index (χ2n) is 5.82. The van der Waals surface area contributed by atoms with Crippen molar-refractivity contribution in [3.63, 3.8) is 0 Å². The number of ether oxygens (including phenoxy) is 1. The molecule has 4 nitrogen and oxygen atoms in total. The molecule has 1 aromatic carbocycles. The maximum atomic E-state index is 12.3. The van der Waals surface area contributed by atoms with Crippen LogP contribution in [0.1, 0.15) is 40.2 Å². The van der Waals surface area contributed by atoms with Crippen molar-refractivity contribution in [2.24, 2.45) is 0 Å². The van der Waals surface area contributed by atoms with E-state index in [4.69, 9.17) is 16.3 Å². The van der Waals surface area contributed by atoms with Crippen molar-refractivity contribution in [1.82, 2.24) is 0 Å². The van der Waals surface area contributed by atoms with Crippen LogP contribution in [0, 0.1) is 13.8 Å².